The maximum Gasteiger partial charge on any atom is 0.133 e. The molecule has 5 nitrogen and oxygen atoms in total. The van der Waals surface area contributed by atoms with E-state index in [1.165, 1.54) is 0 Å². The lowest BCUT2D eigenvalue weighted by molar-refractivity contribution is -0.124. The highest BCUT2D eigenvalue weighted by Crippen LogP contribution is 2.13. The van der Waals surface area contributed by atoms with Gasteiger partial charge in [0.2, 0.25) is 0 Å². The summed E-state index contributed by atoms with van der Waals surface area (Å²) < 4.78 is 0. The lowest BCUT2D eigenvalue weighted by Crippen LogP contribution is -2.57. The molecule has 0 amide bonds. The molecule has 1 aliphatic heterocycles. The largest absolute Gasteiger partial charge is 0.396 e. The van der Waals surface area contributed by atoms with E-state index in [0.29, 0.717) is 6.54 Å². The predicted octanol–water partition coefficient (Wildman–Crippen LogP) is -2.76. The van der Waals surface area contributed by atoms with Gasteiger partial charge < -0.3 is 20.4 Å². The minimum Gasteiger partial charge on any atom is -0.396 e. The van der Waals surface area contributed by atoms with Crippen molar-refractivity contribution in [2.24, 2.45) is 5.92 Å². The zero-order valence-corrected chi connectivity index (χ0v) is 6.01. The SMILES string of the molecule is OC[C@@H]1CN[C@@H](O)[C@@H](O)[C@@H]1O. The van der Waals surface area contributed by atoms with Crippen LogP contribution >= 0.6 is 0 Å². The number of rotatable bonds is 1. The Hall–Kier alpha value is -0.200. The van der Waals surface area contributed by atoms with Crippen LogP contribution in [-0.2, 0) is 0 Å². The first kappa shape index (κ1) is 8.89. The third-order valence-electron chi connectivity index (χ3n) is 1.98. The van der Waals surface area contributed by atoms with E-state index in [9.17, 15) is 5.11 Å². The van der Waals surface area contributed by atoms with Crippen molar-refractivity contribution >= 4 is 0 Å². The molecule has 4 atom stereocenters. The van der Waals surface area contributed by atoms with E-state index >= 15 is 0 Å². The van der Waals surface area contributed by atoms with Gasteiger partial charge in [-0.3, -0.25) is 5.32 Å². The predicted molar refractivity (Wildman–Crippen MR) is 36.6 cm³/mol. The molecule has 0 aliphatic carbocycles. The van der Waals surface area contributed by atoms with Crippen molar-refractivity contribution in [2.75, 3.05) is 13.2 Å². The summed E-state index contributed by atoms with van der Waals surface area (Å²) in [4.78, 5) is 0. The minimum absolute atomic E-state index is 0.196. The van der Waals surface area contributed by atoms with Crippen LogP contribution in [0.25, 0.3) is 0 Å². The van der Waals surface area contributed by atoms with Gasteiger partial charge in [0.25, 0.3) is 0 Å². The zero-order chi connectivity index (χ0) is 8.43. The molecule has 11 heavy (non-hydrogen) atoms. The van der Waals surface area contributed by atoms with Crippen LogP contribution in [-0.4, -0.2) is 52.0 Å². The molecule has 0 aromatic heterocycles. The number of hydrogen-bond donors (Lipinski definition) is 5. The van der Waals surface area contributed by atoms with Gasteiger partial charge in [0.05, 0.1) is 6.10 Å². The summed E-state index contributed by atoms with van der Waals surface area (Å²) in [7, 11) is 0. The van der Waals surface area contributed by atoms with Crippen molar-refractivity contribution in [1.29, 1.82) is 0 Å². The summed E-state index contributed by atoms with van der Waals surface area (Å²) in [5, 5.41) is 38.5. The Balaban J connectivity index is 2.52. The van der Waals surface area contributed by atoms with Crippen LogP contribution in [0, 0.1) is 5.92 Å². The quantitative estimate of drug-likeness (QED) is 0.289. The van der Waals surface area contributed by atoms with Gasteiger partial charge in [-0.15, -0.1) is 0 Å². The van der Waals surface area contributed by atoms with Gasteiger partial charge in [0, 0.05) is 19.1 Å². The highest BCUT2D eigenvalue weighted by Gasteiger charge is 2.35. The molecule has 0 aromatic carbocycles. The molecule has 0 unspecified atom stereocenters. The van der Waals surface area contributed by atoms with Crippen LogP contribution in [0.3, 0.4) is 0 Å². The van der Waals surface area contributed by atoms with E-state index in [2.05, 4.69) is 5.32 Å². The molecule has 66 valence electrons. The third-order valence-corrected chi connectivity index (χ3v) is 1.98. The Bertz CT molecular complexity index is 130. The summed E-state index contributed by atoms with van der Waals surface area (Å²) in [6.07, 6.45) is -3.34. The molecule has 1 aliphatic rings. The van der Waals surface area contributed by atoms with E-state index in [0.717, 1.165) is 0 Å². The van der Waals surface area contributed by atoms with Crippen LogP contribution in [0.5, 0.6) is 0 Å². The topological polar surface area (TPSA) is 93.0 Å². The second-order valence-corrected chi connectivity index (χ2v) is 2.78. The Kier molecular flexibility index (Phi) is 2.80. The van der Waals surface area contributed by atoms with Gasteiger partial charge in [-0.2, -0.15) is 0 Å². The highest BCUT2D eigenvalue weighted by molar-refractivity contribution is 4.86. The van der Waals surface area contributed by atoms with Crippen molar-refractivity contribution < 1.29 is 20.4 Å². The number of aliphatic hydroxyl groups excluding tert-OH is 4. The van der Waals surface area contributed by atoms with E-state index in [-0.39, 0.29) is 6.61 Å². The summed E-state index contributed by atoms with van der Waals surface area (Å²) in [6, 6.07) is 0. The molecule has 1 saturated heterocycles. The maximum absolute atomic E-state index is 9.20. The molecule has 5 N–H and O–H groups in total. The molecule has 0 saturated carbocycles. The molecule has 0 bridgehead atoms. The molecule has 0 radical (unpaired) electrons. The third kappa shape index (κ3) is 1.69. The molecular formula is C6H13NO4. The van der Waals surface area contributed by atoms with Gasteiger partial charge in [-0.05, 0) is 0 Å². The second kappa shape index (κ2) is 3.46. The standard InChI is InChI=1S/C6H13NO4/c8-2-3-1-7-6(11)5(10)4(3)9/h3-11H,1-2H2/t3-,4+,5-,6-/m0/s1. The molecule has 0 spiro atoms. The number of aliphatic hydroxyl groups is 4. The summed E-state index contributed by atoms with van der Waals surface area (Å²) in [6.45, 7) is 0.119. The lowest BCUT2D eigenvalue weighted by atomic mass is 9.94. The maximum atomic E-state index is 9.20. The van der Waals surface area contributed by atoms with E-state index < -0.39 is 24.4 Å². The first-order chi connectivity index (χ1) is 5.16. The number of piperidine rings is 1. The summed E-state index contributed by atoms with van der Waals surface area (Å²) in [5.74, 6) is -0.395. The van der Waals surface area contributed by atoms with Crippen molar-refractivity contribution in [3.8, 4) is 0 Å². The average molecular weight is 163 g/mol. The fourth-order valence-electron chi connectivity index (χ4n) is 1.15. The van der Waals surface area contributed by atoms with Crippen molar-refractivity contribution in [1.82, 2.24) is 5.32 Å². The second-order valence-electron chi connectivity index (χ2n) is 2.78. The smallest absolute Gasteiger partial charge is 0.133 e. The Labute approximate surface area is 64.3 Å². The van der Waals surface area contributed by atoms with E-state index in [4.69, 9.17) is 15.3 Å². The Morgan fingerprint density at radius 3 is 2.36 bits per heavy atom. The molecule has 1 rings (SSSR count). The Morgan fingerprint density at radius 2 is 1.82 bits per heavy atom. The average Bonchev–Trinajstić information content (AvgIpc) is 2.01. The van der Waals surface area contributed by atoms with E-state index in [1.54, 1.807) is 0 Å². The molecule has 1 heterocycles. The minimum atomic E-state index is -1.21. The fourth-order valence-corrected chi connectivity index (χ4v) is 1.15. The van der Waals surface area contributed by atoms with Gasteiger partial charge >= 0.3 is 0 Å². The van der Waals surface area contributed by atoms with Gasteiger partial charge in [-0.1, -0.05) is 0 Å². The molecular weight excluding hydrogens is 150 g/mol. The zero-order valence-electron chi connectivity index (χ0n) is 6.01. The lowest BCUT2D eigenvalue weighted by Gasteiger charge is -2.34. The Morgan fingerprint density at radius 1 is 1.18 bits per heavy atom. The van der Waals surface area contributed by atoms with Crippen molar-refractivity contribution in [2.45, 2.75) is 18.4 Å². The van der Waals surface area contributed by atoms with Crippen molar-refractivity contribution in [3.05, 3.63) is 0 Å². The first-order valence-electron chi connectivity index (χ1n) is 3.55. The van der Waals surface area contributed by atoms with Gasteiger partial charge in [0.1, 0.15) is 12.3 Å². The van der Waals surface area contributed by atoms with Crippen LogP contribution in [0.2, 0.25) is 0 Å². The first-order valence-corrected chi connectivity index (χ1v) is 3.55. The summed E-state index contributed by atoms with van der Waals surface area (Å²) in [5.41, 5.74) is 0. The monoisotopic (exact) mass is 163 g/mol. The van der Waals surface area contributed by atoms with E-state index in [1.807, 2.05) is 0 Å². The normalized spacial score (nSPS) is 45.8. The molecule has 1 fully saturated rings. The van der Waals surface area contributed by atoms with Crippen LogP contribution in [0.1, 0.15) is 0 Å². The molecule has 5 heteroatoms. The number of nitrogens with one attached hydrogen (secondary N) is 1. The van der Waals surface area contributed by atoms with Crippen LogP contribution in [0.15, 0.2) is 0 Å². The fraction of sp³-hybridized carbons (Fsp3) is 1.00. The van der Waals surface area contributed by atoms with Gasteiger partial charge in [-0.25, -0.2) is 0 Å². The van der Waals surface area contributed by atoms with Crippen LogP contribution < -0.4 is 5.32 Å². The van der Waals surface area contributed by atoms with Crippen molar-refractivity contribution in [3.63, 3.8) is 0 Å². The van der Waals surface area contributed by atoms with Crippen LogP contribution in [0.4, 0.5) is 0 Å². The number of hydrogen-bond acceptors (Lipinski definition) is 5. The summed E-state index contributed by atoms with van der Waals surface area (Å²) >= 11 is 0. The molecule has 0 aromatic rings. The highest BCUT2D eigenvalue weighted by atomic mass is 16.4. The van der Waals surface area contributed by atoms with Gasteiger partial charge in [0.15, 0.2) is 0 Å².